The monoisotopic (exact) mass is 167 g/mol. The van der Waals surface area contributed by atoms with Gasteiger partial charge in [0, 0.05) is 18.5 Å². The lowest BCUT2D eigenvalue weighted by molar-refractivity contribution is -0.118. The summed E-state index contributed by atoms with van der Waals surface area (Å²) in [5.41, 5.74) is 0.0798. The van der Waals surface area contributed by atoms with Gasteiger partial charge in [-0.05, 0) is 20.8 Å². The molecular formula is C10H17NO. The fourth-order valence-electron chi connectivity index (χ4n) is 0.779. The Hall–Kier alpha value is -0.810. The summed E-state index contributed by atoms with van der Waals surface area (Å²) in [7, 11) is 0. The van der Waals surface area contributed by atoms with Gasteiger partial charge in [-0.3, -0.25) is 4.79 Å². The molecule has 0 aliphatic rings. The van der Waals surface area contributed by atoms with E-state index in [4.69, 9.17) is 6.42 Å². The van der Waals surface area contributed by atoms with Gasteiger partial charge >= 0.3 is 0 Å². The van der Waals surface area contributed by atoms with Crippen LogP contribution in [-0.2, 0) is 4.79 Å². The second-order valence-electron chi connectivity index (χ2n) is 3.85. The first-order valence-corrected chi connectivity index (χ1v) is 4.16. The summed E-state index contributed by atoms with van der Waals surface area (Å²) in [4.78, 5) is 10.9. The van der Waals surface area contributed by atoms with Crippen LogP contribution in [0.4, 0.5) is 0 Å². The maximum atomic E-state index is 10.9. The maximum absolute atomic E-state index is 10.9. The quantitative estimate of drug-likeness (QED) is 0.640. The zero-order valence-electron chi connectivity index (χ0n) is 8.11. The largest absolute Gasteiger partial charge is 0.312 e. The molecule has 0 saturated carbocycles. The van der Waals surface area contributed by atoms with Crippen molar-refractivity contribution >= 4 is 5.78 Å². The Labute approximate surface area is 74.7 Å². The molecule has 12 heavy (non-hydrogen) atoms. The molecule has 0 saturated heterocycles. The number of ketones is 1. The van der Waals surface area contributed by atoms with Gasteiger partial charge in [-0.1, -0.05) is 5.92 Å². The first-order valence-electron chi connectivity index (χ1n) is 4.16. The first-order chi connectivity index (χ1) is 5.45. The molecule has 0 heterocycles. The molecule has 1 N–H and O–H groups in total. The van der Waals surface area contributed by atoms with E-state index in [0.29, 0.717) is 13.0 Å². The zero-order valence-corrected chi connectivity index (χ0v) is 8.11. The molecule has 0 aliphatic carbocycles. The summed E-state index contributed by atoms with van der Waals surface area (Å²) >= 11 is 0. The molecule has 2 heteroatoms. The van der Waals surface area contributed by atoms with Crippen molar-refractivity contribution in [3.05, 3.63) is 0 Å². The molecule has 0 unspecified atom stereocenters. The molecule has 68 valence electrons. The second-order valence-corrected chi connectivity index (χ2v) is 3.85. The van der Waals surface area contributed by atoms with E-state index < -0.39 is 0 Å². The van der Waals surface area contributed by atoms with Crippen molar-refractivity contribution in [2.75, 3.05) is 6.54 Å². The fourth-order valence-corrected chi connectivity index (χ4v) is 0.779. The highest BCUT2D eigenvalue weighted by Crippen LogP contribution is 1.98. The number of nitrogens with one attached hydrogen (secondary N) is 1. The third kappa shape index (κ3) is 7.30. The molecule has 0 atom stereocenters. The Morgan fingerprint density at radius 2 is 2.08 bits per heavy atom. The zero-order chi connectivity index (χ0) is 9.61. The van der Waals surface area contributed by atoms with Crippen molar-refractivity contribution in [1.29, 1.82) is 0 Å². The summed E-state index contributed by atoms with van der Waals surface area (Å²) in [5, 5.41) is 3.22. The topological polar surface area (TPSA) is 29.1 Å². The number of terminal acetylenes is 1. The van der Waals surface area contributed by atoms with Crippen LogP contribution in [0.1, 0.15) is 33.6 Å². The Morgan fingerprint density at radius 3 is 2.50 bits per heavy atom. The van der Waals surface area contributed by atoms with Crippen LogP contribution in [0.5, 0.6) is 0 Å². The highest BCUT2D eigenvalue weighted by atomic mass is 16.1. The normalized spacial score (nSPS) is 10.8. The molecule has 0 aromatic heterocycles. The van der Waals surface area contributed by atoms with Crippen molar-refractivity contribution in [3.63, 3.8) is 0 Å². The summed E-state index contributed by atoms with van der Waals surface area (Å²) in [6.07, 6.45) is 5.78. The van der Waals surface area contributed by atoms with Crippen molar-refractivity contribution in [2.24, 2.45) is 0 Å². The molecule has 0 rings (SSSR count). The molecule has 0 amide bonds. The fraction of sp³-hybridized carbons (Fsp3) is 0.700. The van der Waals surface area contributed by atoms with Gasteiger partial charge < -0.3 is 5.32 Å². The lowest BCUT2D eigenvalue weighted by Crippen LogP contribution is -2.37. The summed E-state index contributed by atoms with van der Waals surface area (Å²) in [5.74, 6) is 2.47. The molecule has 2 nitrogen and oxygen atoms in total. The van der Waals surface area contributed by atoms with Gasteiger partial charge in [0.05, 0.1) is 6.42 Å². The SMILES string of the molecule is C#CCC(=O)CCNC(C)(C)C. The minimum Gasteiger partial charge on any atom is -0.312 e. The Bertz CT molecular complexity index is 183. The molecule has 0 aliphatic heterocycles. The van der Waals surface area contributed by atoms with Gasteiger partial charge in [0.1, 0.15) is 5.78 Å². The van der Waals surface area contributed by atoms with E-state index >= 15 is 0 Å². The van der Waals surface area contributed by atoms with Gasteiger partial charge in [0.25, 0.3) is 0 Å². The van der Waals surface area contributed by atoms with Gasteiger partial charge in [-0.15, -0.1) is 6.42 Å². The van der Waals surface area contributed by atoms with E-state index in [9.17, 15) is 4.79 Å². The van der Waals surface area contributed by atoms with Crippen LogP contribution in [0, 0.1) is 12.3 Å². The van der Waals surface area contributed by atoms with E-state index in [1.54, 1.807) is 0 Å². The first kappa shape index (κ1) is 11.2. The smallest absolute Gasteiger partial charge is 0.146 e. The lowest BCUT2D eigenvalue weighted by atomic mass is 10.1. The molecule has 0 aromatic carbocycles. The average Bonchev–Trinajstić information content (AvgIpc) is 1.84. The Kier molecular flexibility index (Phi) is 4.61. The molecule has 0 spiro atoms. The number of Topliss-reactive ketones (excluding diaryl/α,β-unsaturated/α-hetero) is 1. The van der Waals surface area contributed by atoms with Crippen LogP contribution < -0.4 is 5.32 Å². The van der Waals surface area contributed by atoms with Gasteiger partial charge in [0.2, 0.25) is 0 Å². The van der Waals surface area contributed by atoms with Crippen molar-refractivity contribution in [1.82, 2.24) is 5.32 Å². The average molecular weight is 167 g/mol. The highest BCUT2D eigenvalue weighted by Gasteiger charge is 2.08. The minimum atomic E-state index is 0.0798. The number of carbonyl (C=O) groups is 1. The van der Waals surface area contributed by atoms with Crippen LogP contribution >= 0.6 is 0 Å². The molecule has 0 fully saturated rings. The number of hydrogen-bond donors (Lipinski definition) is 1. The second kappa shape index (κ2) is 4.95. The van der Waals surface area contributed by atoms with E-state index in [-0.39, 0.29) is 17.7 Å². The van der Waals surface area contributed by atoms with E-state index in [1.807, 2.05) is 0 Å². The number of carbonyl (C=O) groups excluding carboxylic acids is 1. The predicted molar refractivity (Wildman–Crippen MR) is 50.8 cm³/mol. The molecular weight excluding hydrogens is 150 g/mol. The summed E-state index contributed by atoms with van der Waals surface area (Å²) in [6.45, 7) is 6.92. The number of hydrogen-bond acceptors (Lipinski definition) is 2. The van der Waals surface area contributed by atoms with Crippen LogP contribution in [0.3, 0.4) is 0 Å². The summed E-state index contributed by atoms with van der Waals surface area (Å²) < 4.78 is 0. The van der Waals surface area contributed by atoms with Gasteiger partial charge in [-0.2, -0.15) is 0 Å². The van der Waals surface area contributed by atoms with Crippen molar-refractivity contribution in [3.8, 4) is 12.3 Å². The van der Waals surface area contributed by atoms with E-state index in [1.165, 1.54) is 0 Å². The van der Waals surface area contributed by atoms with Crippen molar-refractivity contribution < 1.29 is 4.79 Å². The van der Waals surface area contributed by atoms with Crippen LogP contribution in [-0.4, -0.2) is 17.9 Å². The van der Waals surface area contributed by atoms with Crippen molar-refractivity contribution in [2.45, 2.75) is 39.2 Å². The molecule has 0 bridgehead atoms. The highest BCUT2D eigenvalue weighted by molar-refractivity contribution is 5.80. The van der Waals surface area contributed by atoms with Gasteiger partial charge in [0.15, 0.2) is 0 Å². The van der Waals surface area contributed by atoms with Gasteiger partial charge in [-0.25, -0.2) is 0 Å². The summed E-state index contributed by atoms with van der Waals surface area (Å²) in [6, 6.07) is 0. The van der Waals surface area contributed by atoms with Crippen LogP contribution in [0.25, 0.3) is 0 Å². The van der Waals surface area contributed by atoms with E-state index in [2.05, 4.69) is 32.0 Å². The number of rotatable bonds is 4. The van der Waals surface area contributed by atoms with E-state index in [0.717, 1.165) is 0 Å². The molecule has 0 radical (unpaired) electrons. The maximum Gasteiger partial charge on any atom is 0.146 e. The third-order valence-corrected chi connectivity index (χ3v) is 1.36. The Morgan fingerprint density at radius 1 is 1.50 bits per heavy atom. The lowest BCUT2D eigenvalue weighted by Gasteiger charge is -2.19. The Balaban J connectivity index is 3.45. The molecule has 0 aromatic rings. The standard InChI is InChI=1S/C10H17NO/c1-5-6-9(12)7-8-11-10(2,3)4/h1,11H,6-8H2,2-4H3. The third-order valence-electron chi connectivity index (χ3n) is 1.36. The van der Waals surface area contributed by atoms with Crippen LogP contribution in [0.2, 0.25) is 0 Å². The predicted octanol–water partition coefficient (Wildman–Crippen LogP) is 1.36. The minimum absolute atomic E-state index is 0.0798. The van der Waals surface area contributed by atoms with Crippen LogP contribution in [0.15, 0.2) is 0 Å².